The highest BCUT2D eigenvalue weighted by Gasteiger charge is 1.95. The molecule has 26 heavy (non-hydrogen) atoms. The third-order valence-electron chi connectivity index (χ3n) is 5.11. The van der Waals surface area contributed by atoms with E-state index in [9.17, 15) is 0 Å². The van der Waals surface area contributed by atoms with E-state index in [1.165, 1.54) is 116 Å². The van der Waals surface area contributed by atoms with E-state index in [4.69, 9.17) is 9.47 Å². The fourth-order valence-corrected chi connectivity index (χ4v) is 3.29. The first kappa shape index (κ1) is 25.9. The monoisotopic (exact) mass is 370 g/mol. The molecule has 0 heterocycles. The van der Waals surface area contributed by atoms with Crippen LogP contribution in [0.15, 0.2) is 0 Å². The van der Waals surface area contributed by atoms with Gasteiger partial charge in [-0.2, -0.15) is 0 Å². The Labute approximate surface area is 165 Å². The Morgan fingerprint density at radius 3 is 0.808 bits per heavy atom. The first-order valence-corrected chi connectivity index (χ1v) is 12.1. The molecule has 0 aromatic rings. The number of ether oxygens (including phenoxy) is 2. The molecule has 0 aromatic heterocycles. The predicted molar refractivity (Wildman–Crippen MR) is 116 cm³/mol. The summed E-state index contributed by atoms with van der Waals surface area (Å²) in [5.74, 6) is 0. The lowest BCUT2D eigenvalue weighted by atomic mass is 10.1. The summed E-state index contributed by atoms with van der Waals surface area (Å²) >= 11 is 0. The van der Waals surface area contributed by atoms with E-state index in [-0.39, 0.29) is 0 Å². The van der Waals surface area contributed by atoms with Gasteiger partial charge in [0.2, 0.25) is 0 Å². The van der Waals surface area contributed by atoms with Gasteiger partial charge in [-0.25, -0.2) is 0 Å². The van der Waals surface area contributed by atoms with E-state index in [1.54, 1.807) is 0 Å². The molecule has 0 fully saturated rings. The highest BCUT2D eigenvalue weighted by atomic mass is 16.5. The van der Waals surface area contributed by atoms with Crippen LogP contribution in [0, 0.1) is 0 Å². The number of unbranched alkanes of at least 4 members (excludes halogenated alkanes) is 15. The van der Waals surface area contributed by atoms with Gasteiger partial charge in [0.05, 0.1) is 0 Å². The van der Waals surface area contributed by atoms with Crippen LogP contribution in [0.1, 0.15) is 129 Å². The van der Waals surface area contributed by atoms with E-state index in [1.807, 2.05) is 0 Å². The van der Waals surface area contributed by atoms with Crippen LogP contribution in [0.25, 0.3) is 0 Å². The average molecular weight is 371 g/mol. The Bertz CT molecular complexity index is 206. The third kappa shape index (κ3) is 23.9. The summed E-state index contributed by atoms with van der Waals surface area (Å²) in [5.41, 5.74) is 0. The second-order valence-electron chi connectivity index (χ2n) is 7.88. The normalized spacial score (nSPS) is 11.3. The van der Waals surface area contributed by atoms with Crippen LogP contribution < -0.4 is 0 Å². The number of hydrogen-bond acceptors (Lipinski definition) is 2. The maximum absolute atomic E-state index is 5.72. The molecule has 0 unspecified atom stereocenters. The first-order chi connectivity index (χ1) is 12.9. The molecular weight excluding hydrogens is 320 g/mol. The van der Waals surface area contributed by atoms with Gasteiger partial charge in [-0.1, -0.05) is 104 Å². The van der Waals surface area contributed by atoms with Crippen LogP contribution in [0.3, 0.4) is 0 Å². The molecule has 0 aromatic carbocycles. The predicted octanol–water partition coefficient (Wildman–Crippen LogP) is 8.08. The maximum Gasteiger partial charge on any atom is 0.0466 e. The molecule has 0 saturated carbocycles. The largest absolute Gasteiger partial charge is 0.381 e. The summed E-state index contributed by atoms with van der Waals surface area (Å²) < 4.78 is 11.4. The minimum Gasteiger partial charge on any atom is -0.381 e. The standard InChI is InChI=1S/C24H50O2/c1-3-5-7-13-17-21-25-23-19-15-11-9-10-12-16-20-24-26-22-18-14-8-6-4-2/h3-24H2,1-2H3. The van der Waals surface area contributed by atoms with E-state index in [2.05, 4.69) is 13.8 Å². The lowest BCUT2D eigenvalue weighted by Crippen LogP contribution is -1.97. The van der Waals surface area contributed by atoms with E-state index in [0.717, 1.165) is 26.4 Å². The Morgan fingerprint density at radius 2 is 0.538 bits per heavy atom. The van der Waals surface area contributed by atoms with Crippen LogP contribution in [-0.2, 0) is 9.47 Å². The fourth-order valence-electron chi connectivity index (χ4n) is 3.29. The SMILES string of the molecule is CCCCCCCOCCCCCCCCCCOCCCCCCC. The Hall–Kier alpha value is -0.0800. The lowest BCUT2D eigenvalue weighted by molar-refractivity contribution is 0.125. The van der Waals surface area contributed by atoms with Gasteiger partial charge in [0, 0.05) is 26.4 Å². The average Bonchev–Trinajstić information content (AvgIpc) is 2.66. The van der Waals surface area contributed by atoms with Gasteiger partial charge in [0.1, 0.15) is 0 Å². The van der Waals surface area contributed by atoms with Crippen molar-refractivity contribution < 1.29 is 9.47 Å². The summed E-state index contributed by atoms with van der Waals surface area (Å²) in [6.07, 6.45) is 24.1. The maximum atomic E-state index is 5.72. The molecule has 2 nitrogen and oxygen atoms in total. The minimum atomic E-state index is 0.976. The summed E-state index contributed by atoms with van der Waals surface area (Å²) in [4.78, 5) is 0. The Kier molecular flexibility index (Phi) is 24.8. The lowest BCUT2D eigenvalue weighted by Gasteiger charge is -2.05. The van der Waals surface area contributed by atoms with Crippen molar-refractivity contribution in [3.8, 4) is 0 Å². The molecule has 0 aliphatic rings. The van der Waals surface area contributed by atoms with Crippen molar-refractivity contribution in [3.05, 3.63) is 0 Å². The zero-order valence-electron chi connectivity index (χ0n) is 18.4. The molecule has 0 radical (unpaired) electrons. The number of hydrogen-bond donors (Lipinski definition) is 0. The molecule has 0 amide bonds. The molecule has 0 spiro atoms. The summed E-state index contributed by atoms with van der Waals surface area (Å²) in [7, 11) is 0. The second kappa shape index (κ2) is 24.9. The molecule has 0 rings (SSSR count). The van der Waals surface area contributed by atoms with Crippen LogP contribution in [0.5, 0.6) is 0 Å². The summed E-state index contributed by atoms with van der Waals surface area (Å²) in [5, 5.41) is 0. The van der Waals surface area contributed by atoms with Crippen LogP contribution in [-0.4, -0.2) is 26.4 Å². The molecular formula is C24H50O2. The molecule has 0 bridgehead atoms. The molecule has 0 N–H and O–H groups in total. The summed E-state index contributed by atoms with van der Waals surface area (Å²) in [6.45, 7) is 8.44. The highest BCUT2D eigenvalue weighted by Crippen LogP contribution is 2.09. The van der Waals surface area contributed by atoms with Crippen molar-refractivity contribution in [1.82, 2.24) is 0 Å². The van der Waals surface area contributed by atoms with Crippen molar-refractivity contribution in [2.45, 2.75) is 129 Å². The van der Waals surface area contributed by atoms with Gasteiger partial charge in [-0.05, 0) is 25.7 Å². The second-order valence-corrected chi connectivity index (χ2v) is 7.88. The third-order valence-corrected chi connectivity index (χ3v) is 5.11. The first-order valence-electron chi connectivity index (χ1n) is 12.1. The van der Waals surface area contributed by atoms with Gasteiger partial charge >= 0.3 is 0 Å². The van der Waals surface area contributed by atoms with Crippen molar-refractivity contribution in [2.24, 2.45) is 0 Å². The topological polar surface area (TPSA) is 18.5 Å². The minimum absolute atomic E-state index is 0.976. The van der Waals surface area contributed by atoms with Crippen LogP contribution in [0.4, 0.5) is 0 Å². The fraction of sp³-hybridized carbons (Fsp3) is 1.00. The number of rotatable bonds is 23. The van der Waals surface area contributed by atoms with Crippen molar-refractivity contribution in [2.75, 3.05) is 26.4 Å². The van der Waals surface area contributed by atoms with Crippen LogP contribution in [0.2, 0.25) is 0 Å². The van der Waals surface area contributed by atoms with E-state index >= 15 is 0 Å². The zero-order chi connectivity index (χ0) is 19.0. The molecule has 2 heteroatoms. The Balaban J connectivity index is 2.95. The smallest absolute Gasteiger partial charge is 0.0466 e. The molecule has 0 saturated heterocycles. The van der Waals surface area contributed by atoms with Crippen LogP contribution >= 0.6 is 0 Å². The van der Waals surface area contributed by atoms with Crippen molar-refractivity contribution in [1.29, 1.82) is 0 Å². The van der Waals surface area contributed by atoms with Gasteiger partial charge < -0.3 is 9.47 Å². The zero-order valence-corrected chi connectivity index (χ0v) is 18.4. The molecule has 0 atom stereocenters. The van der Waals surface area contributed by atoms with Gasteiger partial charge in [-0.3, -0.25) is 0 Å². The molecule has 0 aliphatic carbocycles. The molecule has 0 aliphatic heterocycles. The summed E-state index contributed by atoms with van der Waals surface area (Å²) in [6, 6.07) is 0. The Morgan fingerprint density at radius 1 is 0.308 bits per heavy atom. The van der Waals surface area contributed by atoms with Gasteiger partial charge in [-0.15, -0.1) is 0 Å². The van der Waals surface area contributed by atoms with Gasteiger partial charge in [0.25, 0.3) is 0 Å². The van der Waals surface area contributed by atoms with Crippen molar-refractivity contribution in [3.63, 3.8) is 0 Å². The van der Waals surface area contributed by atoms with E-state index < -0.39 is 0 Å². The highest BCUT2D eigenvalue weighted by molar-refractivity contribution is 4.48. The quantitative estimate of drug-likeness (QED) is 0.169. The van der Waals surface area contributed by atoms with E-state index in [0.29, 0.717) is 0 Å². The van der Waals surface area contributed by atoms with Crippen molar-refractivity contribution >= 4 is 0 Å². The molecule has 158 valence electrons. The van der Waals surface area contributed by atoms with Gasteiger partial charge in [0.15, 0.2) is 0 Å².